The highest BCUT2D eigenvalue weighted by Gasteiger charge is 2.39. The topological polar surface area (TPSA) is 61.4 Å². The van der Waals surface area contributed by atoms with Crippen LogP contribution in [0.5, 0.6) is 0 Å². The van der Waals surface area contributed by atoms with Gasteiger partial charge in [-0.1, -0.05) is 32.0 Å². The fourth-order valence-electron chi connectivity index (χ4n) is 3.48. The van der Waals surface area contributed by atoms with Crippen LogP contribution in [0.1, 0.15) is 44.2 Å². The molecule has 2 aliphatic rings. The van der Waals surface area contributed by atoms with E-state index in [0.717, 1.165) is 49.0 Å². The maximum Gasteiger partial charge on any atom is 0.319 e. The van der Waals surface area contributed by atoms with E-state index in [4.69, 9.17) is 0 Å². The van der Waals surface area contributed by atoms with E-state index in [0.29, 0.717) is 19.0 Å². The van der Waals surface area contributed by atoms with Crippen molar-refractivity contribution >= 4 is 17.6 Å². The van der Waals surface area contributed by atoms with Gasteiger partial charge in [0.2, 0.25) is 5.91 Å². The molecular formula is C19H27N3O2. The number of carbonyl (C=O) groups excluding carboxylic acids is 2. The standard InChI is InChI=1S/C19H27N3O2/c1-3-14-6-5-7-15(4-2)18(14)21-19(24)20-11-13-10-17(23)22(12-13)16-8-9-16/h5-7,13,16H,3-4,8-12H2,1-2H3,(H2,20,21,24)/t13-/m1/s1. The van der Waals surface area contributed by atoms with Crippen LogP contribution in [0.25, 0.3) is 0 Å². The van der Waals surface area contributed by atoms with Crippen molar-refractivity contribution in [3.8, 4) is 0 Å². The number of nitrogens with zero attached hydrogens (tertiary/aromatic N) is 1. The molecule has 3 amide bonds. The molecular weight excluding hydrogens is 302 g/mol. The number of para-hydroxylation sites is 1. The molecule has 24 heavy (non-hydrogen) atoms. The average Bonchev–Trinajstić information content (AvgIpc) is 3.36. The lowest BCUT2D eigenvalue weighted by Crippen LogP contribution is -2.35. The predicted molar refractivity (Wildman–Crippen MR) is 95.1 cm³/mol. The SMILES string of the molecule is CCc1cccc(CC)c1NC(=O)NC[C@H]1CC(=O)N(C2CC2)C1. The van der Waals surface area contributed by atoms with E-state index in [9.17, 15) is 9.59 Å². The molecule has 1 saturated heterocycles. The number of hydrogen-bond acceptors (Lipinski definition) is 2. The molecule has 5 nitrogen and oxygen atoms in total. The Labute approximate surface area is 143 Å². The molecule has 3 rings (SSSR count). The molecule has 1 aromatic carbocycles. The number of urea groups is 1. The molecule has 1 aliphatic carbocycles. The van der Waals surface area contributed by atoms with Crippen molar-refractivity contribution in [2.45, 2.75) is 52.0 Å². The van der Waals surface area contributed by atoms with Gasteiger partial charge in [-0.2, -0.15) is 0 Å². The maximum absolute atomic E-state index is 12.3. The zero-order chi connectivity index (χ0) is 17.1. The van der Waals surface area contributed by atoms with E-state index in [1.165, 1.54) is 0 Å². The largest absolute Gasteiger partial charge is 0.339 e. The third-order valence-corrected chi connectivity index (χ3v) is 5.01. The number of amides is 3. The number of rotatable bonds is 6. The Morgan fingerprint density at radius 3 is 2.46 bits per heavy atom. The summed E-state index contributed by atoms with van der Waals surface area (Å²) in [5, 5.41) is 5.96. The second-order valence-electron chi connectivity index (χ2n) is 6.84. The molecule has 0 radical (unpaired) electrons. The smallest absolute Gasteiger partial charge is 0.319 e. The number of benzene rings is 1. The lowest BCUT2D eigenvalue weighted by atomic mass is 10.0. The zero-order valence-corrected chi connectivity index (χ0v) is 14.6. The minimum absolute atomic E-state index is 0.178. The fourth-order valence-corrected chi connectivity index (χ4v) is 3.48. The van der Waals surface area contributed by atoms with Crippen LogP contribution >= 0.6 is 0 Å². The highest BCUT2D eigenvalue weighted by Crippen LogP contribution is 2.32. The van der Waals surface area contributed by atoms with Crippen LogP contribution in [0.3, 0.4) is 0 Å². The van der Waals surface area contributed by atoms with Gasteiger partial charge in [-0.3, -0.25) is 4.79 Å². The molecule has 0 aromatic heterocycles. The molecule has 1 saturated carbocycles. The highest BCUT2D eigenvalue weighted by molar-refractivity contribution is 5.91. The Morgan fingerprint density at radius 2 is 1.88 bits per heavy atom. The number of hydrogen-bond donors (Lipinski definition) is 2. The summed E-state index contributed by atoms with van der Waals surface area (Å²) in [6.45, 7) is 5.52. The summed E-state index contributed by atoms with van der Waals surface area (Å²) in [5.74, 6) is 0.477. The van der Waals surface area contributed by atoms with Crippen LogP contribution in [-0.4, -0.2) is 36.0 Å². The summed E-state index contributed by atoms with van der Waals surface area (Å²) in [5.41, 5.74) is 3.24. The number of anilines is 1. The molecule has 0 unspecified atom stereocenters. The zero-order valence-electron chi connectivity index (χ0n) is 14.6. The van der Waals surface area contributed by atoms with Gasteiger partial charge < -0.3 is 15.5 Å². The van der Waals surface area contributed by atoms with E-state index in [1.54, 1.807) is 0 Å². The van der Waals surface area contributed by atoms with Gasteiger partial charge in [-0.15, -0.1) is 0 Å². The van der Waals surface area contributed by atoms with E-state index < -0.39 is 0 Å². The van der Waals surface area contributed by atoms with Crippen LogP contribution in [0.15, 0.2) is 18.2 Å². The molecule has 2 fully saturated rings. The monoisotopic (exact) mass is 329 g/mol. The predicted octanol–water partition coefficient (Wildman–Crippen LogP) is 2.94. The first kappa shape index (κ1) is 16.8. The first-order valence-electron chi connectivity index (χ1n) is 9.07. The molecule has 2 N–H and O–H groups in total. The Kier molecular flexibility index (Phi) is 5.07. The molecule has 130 valence electrons. The molecule has 1 aliphatic heterocycles. The van der Waals surface area contributed by atoms with Crippen molar-refractivity contribution in [2.24, 2.45) is 5.92 Å². The summed E-state index contributed by atoms with van der Waals surface area (Å²) in [6, 6.07) is 6.44. The van der Waals surface area contributed by atoms with Gasteiger partial charge in [-0.05, 0) is 36.8 Å². The minimum atomic E-state index is -0.178. The molecule has 0 bridgehead atoms. The Morgan fingerprint density at radius 1 is 1.21 bits per heavy atom. The van der Waals surface area contributed by atoms with Gasteiger partial charge in [-0.25, -0.2) is 4.79 Å². The summed E-state index contributed by atoms with van der Waals surface area (Å²) in [4.78, 5) is 26.3. The number of carbonyl (C=O) groups is 2. The van der Waals surface area contributed by atoms with Gasteiger partial charge >= 0.3 is 6.03 Å². The Hall–Kier alpha value is -2.04. The first-order valence-corrected chi connectivity index (χ1v) is 9.07. The van der Waals surface area contributed by atoms with Crippen molar-refractivity contribution in [1.29, 1.82) is 0 Å². The number of nitrogens with one attached hydrogen (secondary N) is 2. The van der Waals surface area contributed by atoms with Crippen molar-refractivity contribution in [1.82, 2.24) is 10.2 Å². The van der Waals surface area contributed by atoms with Crippen LogP contribution in [-0.2, 0) is 17.6 Å². The fraction of sp³-hybridized carbons (Fsp3) is 0.579. The minimum Gasteiger partial charge on any atom is -0.339 e. The third kappa shape index (κ3) is 3.71. The van der Waals surface area contributed by atoms with Crippen LogP contribution in [0.4, 0.5) is 10.5 Å². The second kappa shape index (κ2) is 7.24. The average molecular weight is 329 g/mol. The van der Waals surface area contributed by atoms with E-state index >= 15 is 0 Å². The van der Waals surface area contributed by atoms with E-state index in [-0.39, 0.29) is 17.9 Å². The van der Waals surface area contributed by atoms with Crippen LogP contribution < -0.4 is 10.6 Å². The summed E-state index contributed by atoms with van der Waals surface area (Å²) >= 11 is 0. The van der Waals surface area contributed by atoms with Crippen molar-refractivity contribution in [3.05, 3.63) is 29.3 Å². The summed E-state index contributed by atoms with van der Waals surface area (Å²) in [7, 11) is 0. The molecule has 1 aromatic rings. The molecule has 1 atom stereocenters. The number of aryl methyl sites for hydroxylation is 2. The van der Waals surface area contributed by atoms with Crippen molar-refractivity contribution < 1.29 is 9.59 Å². The van der Waals surface area contributed by atoms with Crippen molar-refractivity contribution in [2.75, 3.05) is 18.4 Å². The maximum atomic E-state index is 12.3. The van der Waals surface area contributed by atoms with Gasteiger partial charge in [0.25, 0.3) is 0 Å². The lowest BCUT2D eigenvalue weighted by Gasteiger charge is -2.17. The highest BCUT2D eigenvalue weighted by atomic mass is 16.2. The Bertz CT molecular complexity index is 603. The third-order valence-electron chi connectivity index (χ3n) is 5.01. The van der Waals surface area contributed by atoms with E-state index in [2.05, 4.69) is 36.6 Å². The van der Waals surface area contributed by atoms with Gasteiger partial charge in [0, 0.05) is 37.2 Å². The van der Waals surface area contributed by atoms with Gasteiger partial charge in [0.1, 0.15) is 0 Å². The quantitative estimate of drug-likeness (QED) is 0.843. The van der Waals surface area contributed by atoms with Crippen LogP contribution in [0, 0.1) is 5.92 Å². The van der Waals surface area contributed by atoms with Crippen molar-refractivity contribution in [3.63, 3.8) is 0 Å². The molecule has 5 heteroatoms. The summed E-state index contributed by atoms with van der Waals surface area (Å²) in [6.07, 6.45) is 4.61. The van der Waals surface area contributed by atoms with Crippen LogP contribution in [0.2, 0.25) is 0 Å². The Balaban J connectivity index is 1.54. The second-order valence-corrected chi connectivity index (χ2v) is 6.84. The normalized spacial score (nSPS) is 20.3. The lowest BCUT2D eigenvalue weighted by molar-refractivity contribution is -0.128. The van der Waals surface area contributed by atoms with Gasteiger partial charge in [0.05, 0.1) is 0 Å². The molecule has 1 heterocycles. The molecule has 0 spiro atoms. The van der Waals surface area contributed by atoms with E-state index in [1.807, 2.05) is 11.0 Å². The first-order chi connectivity index (χ1) is 11.6. The van der Waals surface area contributed by atoms with Gasteiger partial charge in [0.15, 0.2) is 0 Å². The summed E-state index contributed by atoms with van der Waals surface area (Å²) < 4.78 is 0. The number of likely N-dealkylation sites (tertiary alicyclic amines) is 1.